The second-order valence-corrected chi connectivity index (χ2v) is 4.04. The number of hydrogen-bond acceptors (Lipinski definition) is 2. The number of para-hydroxylation sites is 1. The van der Waals surface area contributed by atoms with E-state index in [2.05, 4.69) is 9.96 Å². The molecular formula is C15H10N3+. The molecule has 3 nitrogen and oxygen atoms in total. The van der Waals surface area contributed by atoms with Crippen LogP contribution < -0.4 is 0 Å². The Morgan fingerprint density at radius 1 is 0.889 bits per heavy atom. The number of hydrogen-bond donors (Lipinski definition) is 0. The molecule has 1 aromatic heterocycles. The molecule has 18 heavy (non-hydrogen) atoms. The summed E-state index contributed by atoms with van der Waals surface area (Å²) in [5.74, 6) is 0. The second-order valence-electron chi connectivity index (χ2n) is 4.04. The Hall–Kier alpha value is -2.73. The topological polar surface area (TPSA) is 41.0 Å². The third-order valence-corrected chi connectivity index (χ3v) is 2.90. The van der Waals surface area contributed by atoms with E-state index in [4.69, 9.17) is 5.39 Å². The van der Waals surface area contributed by atoms with Crippen LogP contribution in [-0.2, 0) is 0 Å². The van der Waals surface area contributed by atoms with Crippen LogP contribution in [0.5, 0.6) is 0 Å². The van der Waals surface area contributed by atoms with E-state index in [0.717, 1.165) is 16.5 Å². The summed E-state index contributed by atoms with van der Waals surface area (Å²) in [6.07, 6.45) is 1.80. The van der Waals surface area contributed by atoms with Gasteiger partial charge in [0.15, 0.2) is 10.5 Å². The highest BCUT2D eigenvalue weighted by atomic mass is 14.9. The van der Waals surface area contributed by atoms with Crippen molar-refractivity contribution in [1.82, 2.24) is 4.98 Å². The minimum atomic E-state index is 0.493. The molecule has 0 aliphatic carbocycles. The van der Waals surface area contributed by atoms with Crippen LogP contribution >= 0.6 is 0 Å². The van der Waals surface area contributed by atoms with Crippen LogP contribution in [0, 0.1) is 5.39 Å². The summed E-state index contributed by atoms with van der Waals surface area (Å²) in [5, 5.41) is 9.87. The minimum Gasteiger partial charge on any atom is -0.247 e. The lowest BCUT2D eigenvalue weighted by Gasteiger charge is -2.01. The average molecular weight is 232 g/mol. The van der Waals surface area contributed by atoms with Gasteiger partial charge < -0.3 is 0 Å². The Labute approximate surface area is 104 Å². The van der Waals surface area contributed by atoms with Crippen LogP contribution in [0.4, 0.5) is 5.69 Å². The predicted molar refractivity (Wildman–Crippen MR) is 71.9 cm³/mol. The van der Waals surface area contributed by atoms with E-state index in [1.54, 1.807) is 12.3 Å². The van der Waals surface area contributed by atoms with E-state index < -0.39 is 0 Å². The first-order valence-corrected chi connectivity index (χ1v) is 5.68. The Balaban J connectivity index is 2.22. The summed E-state index contributed by atoms with van der Waals surface area (Å²) < 4.78 is 0. The monoisotopic (exact) mass is 232 g/mol. The lowest BCUT2D eigenvalue weighted by atomic mass is 10.1. The molecule has 0 amide bonds. The fourth-order valence-corrected chi connectivity index (χ4v) is 2.01. The molecule has 0 N–H and O–H groups in total. The molecule has 0 fully saturated rings. The zero-order valence-electron chi connectivity index (χ0n) is 9.62. The van der Waals surface area contributed by atoms with Crippen molar-refractivity contribution < 1.29 is 0 Å². The SMILES string of the molecule is N#[N+]c1cccc2cc(-c3ccccc3)cnc12. The molecule has 0 aliphatic rings. The van der Waals surface area contributed by atoms with E-state index in [1.807, 2.05) is 48.5 Å². The maximum Gasteiger partial charge on any atom is 0.410 e. The number of rotatable bonds is 1. The lowest BCUT2D eigenvalue weighted by molar-refractivity contribution is 1.40. The van der Waals surface area contributed by atoms with Gasteiger partial charge in [0.25, 0.3) is 0 Å². The molecule has 1 heterocycles. The van der Waals surface area contributed by atoms with Crippen molar-refractivity contribution in [3.63, 3.8) is 0 Å². The summed E-state index contributed by atoms with van der Waals surface area (Å²) in [7, 11) is 0. The standard InChI is InChI=1S/C15H10N3/c16-18-14-8-4-7-12-9-13(10-17-15(12)14)11-5-2-1-3-6-11/h1-10H/q+1. The summed E-state index contributed by atoms with van der Waals surface area (Å²) in [4.78, 5) is 7.61. The molecule has 0 radical (unpaired) electrons. The van der Waals surface area contributed by atoms with Crippen molar-refractivity contribution in [2.24, 2.45) is 0 Å². The van der Waals surface area contributed by atoms with E-state index >= 15 is 0 Å². The first kappa shape index (κ1) is 10.4. The van der Waals surface area contributed by atoms with Crippen LogP contribution in [0.1, 0.15) is 0 Å². The summed E-state index contributed by atoms with van der Waals surface area (Å²) in [5.41, 5.74) is 3.38. The highest BCUT2D eigenvalue weighted by Crippen LogP contribution is 2.27. The Bertz CT molecular complexity index is 743. The van der Waals surface area contributed by atoms with E-state index in [-0.39, 0.29) is 0 Å². The zero-order valence-corrected chi connectivity index (χ0v) is 9.62. The number of diazo groups is 1. The van der Waals surface area contributed by atoms with Gasteiger partial charge in [-0.3, -0.25) is 0 Å². The van der Waals surface area contributed by atoms with E-state index in [1.165, 1.54) is 0 Å². The molecule has 84 valence electrons. The van der Waals surface area contributed by atoms with Crippen LogP contribution in [0.25, 0.3) is 27.0 Å². The van der Waals surface area contributed by atoms with Gasteiger partial charge >= 0.3 is 5.69 Å². The third-order valence-electron chi connectivity index (χ3n) is 2.90. The van der Waals surface area contributed by atoms with Gasteiger partial charge in [0.05, 0.1) is 0 Å². The van der Waals surface area contributed by atoms with Gasteiger partial charge in [-0.25, -0.2) is 4.98 Å². The molecule has 0 saturated carbocycles. The molecule has 0 spiro atoms. The maximum atomic E-state index is 8.91. The van der Waals surface area contributed by atoms with Gasteiger partial charge in [-0.2, -0.15) is 0 Å². The first-order chi connectivity index (χ1) is 8.88. The van der Waals surface area contributed by atoms with Crippen molar-refractivity contribution in [3.05, 3.63) is 65.8 Å². The normalized spacial score (nSPS) is 10.2. The fraction of sp³-hybridized carbons (Fsp3) is 0. The highest BCUT2D eigenvalue weighted by Gasteiger charge is 2.12. The largest absolute Gasteiger partial charge is 0.410 e. The average Bonchev–Trinajstić information content (AvgIpc) is 2.47. The van der Waals surface area contributed by atoms with Crippen molar-refractivity contribution in [1.29, 1.82) is 5.39 Å². The molecule has 0 saturated heterocycles. The predicted octanol–water partition coefficient (Wildman–Crippen LogP) is 4.39. The first-order valence-electron chi connectivity index (χ1n) is 5.68. The van der Waals surface area contributed by atoms with Gasteiger partial charge in [0, 0.05) is 23.2 Å². The van der Waals surface area contributed by atoms with Crippen molar-refractivity contribution in [2.45, 2.75) is 0 Å². The van der Waals surface area contributed by atoms with Crippen LogP contribution in [0.15, 0.2) is 60.8 Å². The second kappa shape index (κ2) is 4.27. The van der Waals surface area contributed by atoms with Gasteiger partial charge in [-0.15, -0.1) is 0 Å². The molecule has 0 unspecified atom stereocenters. The van der Waals surface area contributed by atoms with Crippen LogP contribution in [-0.4, -0.2) is 4.98 Å². The molecule has 0 atom stereocenters. The third kappa shape index (κ3) is 1.70. The fourth-order valence-electron chi connectivity index (χ4n) is 2.01. The number of pyridine rings is 1. The quantitative estimate of drug-likeness (QED) is 0.584. The van der Waals surface area contributed by atoms with Gasteiger partial charge in [0.1, 0.15) is 0 Å². The molecule has 2 aromatic carbocycles. The number of aromatic nitrogens is 1. The maximum absolute atomic E-state index is 8.91. The summed E-state index contributed by atoms with van der Waals surface area (Å²) >= 11 is 0. The number of fused-ring (bicyclic) bond motifs is 1. The number of benzene rings is 2. The molecule has 0 bridgehead atoms. The van der Waals surface area contributed by atoms with Crippen molar-refractivity contribution in [3.8, 4) is 11.1 Å². The lowest BCUT2D eigenvalue weighted by Crippen LogP contribution is -1.82. The Morgan fingerprint density at radius 3 is 2.50 bits per heavy atom. The Kier molecular flexibility index (Phi) is 2.47. The number of nitrogens with zero attached hydrogens (tertiary/aromatic N) is 3. The molecule has 3 aromatic rings. The molecule has 0 aliphatic heterocycles. The van der Waals surface area contributed by atoms with Gasteiger partial charge in [0.2, 0.25) is 5.39 Å². The zero-order chi connectivity index (χ0) is 12.4. The molecule has 3 heteroatoms. The van der Waals surface area contributed by atoms with Gasteiger partial charge in [-0.05, 0) is 11.6 Å². The molecule has 3 rings (SSSR count). The molecular weight excluding hydrogens is 222 g/mol. The van der Waals surface area contributed by atoms with E-state index in [9.17, 15) is 0 Å². The van der Waals surface area contributed by atoms with Crippen LogP contribution in [0.3, 0.4) is 0 Å². The smallest absolute Gasteiger partial charge is 0.247 e. The van der Waals surface area contributed by atoms with Crippen molar-refractivity contribution in [2.75, 3.05) is 0 Å². The van der Waals surface area contributed by atoms with Crippen LogP contribution in [0.2, 0.25) is 0 Å². The Morgan fingerprint density at radius 2 is 1.72 bits per heavy atom. The van der Waals surface area contributed by atoms with Crippen molar-refractivity contribution >= 4 is 16.6 Å². The summed E-state index contributed by atoms with van der Waals surface area (Å²) in [6, 6.07) is 17.7. The van der Waals surface area contributed by atoms with Gasteiger partial charge in [-0.1, -0.05) is 42.5 Å². The minimum absolute atomic E-state index is 0.493. The summed E-state index contributed by atoms with van der Waals surface area (Å²) in [6.45, 7) is 0. The van der Waals surface area contributed by atoms with E-state index in [0.29, 0.717) is 11.2 Å². The highest BCUT2D eigenvalue weighted by molar-refractivity contribution is 5.92.